The number of ether oxygens (including phenoxy) is 1. The van der Waals surface area contributed by atoms with Crippen molar-refractivity contribution in [1.82, 2.24) is 20.1 Å². The summed E-state index contributed by atoms with van der Waals surface area (Å²) in [7, 11) is 0. The molecule has 0 aliphatic carbocycles. The molecule has 1 aliphatic rings. The van der Waals surface area contributed by atoms with Crippen LogP contribution in [0.4, 0.5) is 0 Å². The molecule has 0 amide bonds. The van der Waals surface area contributed by atoms with Crippen LogP contribution in [-0.4, -0.2) is 58.7 Å². The van der Waals surface area contributed by atoms with Gasteiger partial charge in [0, 0.05) is 25.4 Å². The van der Waals surface area contributed by atoms with Gasteiger partial charge in [0.05, 0.1) is 13.2 Å². The van der Waals surface area contributed by atoms with E-state index in [1.54, 1.807) is 11.8 Å². The van der Waals surface area contributed by atoms with Gasteiger partial charge in [0.25, 0.3) is 0 Å². The Kier molecular flexibility index (Phi) is 3.79. The number of morpholine rings is 1. The van der Waals surface area contributed by atoms with Gasteiger partial charge in [0.1, 0.15) is 6.33 Å². The molecule has 2 heterocycles. The van der Waals surface area contributed by atoms with Crippen molar-refractivity contribution >= 4 is 11.8 Å². The average Bonchev–Trinajstić information content (AvgIpc) is 2.72. The fourth-order valence-corrected chi connectivity index (χ4v) is 2.14. The Hall–Kier alpha value is -0.590. The molecular weight excluding hydrogens is 200 g/mol. The molecule has 1 aromatic heterocycles. The van der Waals surface area contributed by atoms with Crippen LogP contribution in [0, 0.1) is 0 Å². The van der Waals surface area contributed by atoms with E-state index in [1.807, 2.05) is 0 Å². The molecule has 0 atom stereocenters. The highest BCUT2D eigenvalue weighted by atomic mass is 32.2. The van der Waals surface area contributed by atoms with Crippen LogP contribution in [0.3, 0.4) is 0 Å². The lowest BCUT2D eigenvalue weighted by Crippen LogP contribution is -2.37. The average molecular weight is 214 g/mol. The molecule has 2 rings (SSSR count). The smallest absolute Gasteiger partial charge is 0.183 e. The summed E-state index contributed by atoms with van der Waals surface area (Å²) in [5.74, 6) is 1.05. The van der Waals surface area contributed by atoms with Crippen LogP contribution in [-0.2, 0) is 4.74 Å². The molecular formula is C8H14N4OS. The van der Waals surface area contributed by atoms with Crippen molar-refractivity contribution in [3.63, 3.8) is 0 Å². The molecule has 0 unspecified atom stereocenters. The Bertz CT molecular complexity index is 248. The molecule has 14 heavy (non-hydrogen) atoms. The third-order valence-electron chi connectivity index (χ3n) is 2.14. The molecule has 0 radical (unpaired) electrons. The number of rotatable bonds is 4. The van der Waals surface area contributed by atoms with Crippen molar-refractivity contribution in [1.29, 1.82) is 0 Å². The third-order valence-corrected chi connectivity index (χ3v) is 3.00. The first-order valence-corrected chi connectivity index (χ1v) is 5.72. The zero-order chi connectivity index (χ0) is 9.64. The number of aromatic nitrogens is 3. The van der Waals surface area contributed by atoms with Crippen LogP contribution < -0.4 is 0 Å². The molecule has 1 aromatic rings. The molecule has 0 spiro atoms. The minimum Gasteiger partial charge on any atom is -0.379 e. The second kappa shape index (κ2) is 5.33. The minimum atomic E-state index is 0.868. The predicted octanol–water partition coefficient (Wildman–Crippen LogP) is 0.229. The summed E-state index contributed by atoms with van der Waals surface area (Å²) >= 11 is 1.71. The largest absolute Gasteiger partial charge is 0.379 e. The van der Waals surface area contributed by atoms with Crippen molar-refractivity contribution < 1.29 is 4.74 Å². The van der Waals surface area contributed by atoms with Gasteiger partial charge in [-0.2, -0.15) is 5.10 Å². The van der Waals surface area contributed by atoms with Gasteiger partial charge < -0.3 is 4.74 Å². The molecule has 1 N–H and O–H groups in total. The lowest BCUT2D eigenvalue weighted by molar-refractivity contribution is 0.0410. The van der Waals surface area contributed by atoms with E-state index in [1.165, 1.54) is 6.33 Å². The van der Waals surface area contributed by atoms with Crippen LogP contribution in [0.5, 0.6) is 0 Å². The molecule has 6 heteroatoms. The highest BCUT2D eigenvalue weighted by Crippen LogP contribution is 2.10. The third kappa shape index (κ3) is 2.97. The second-order valence-electron chi connectivity index (χ2n) is 3.09. The van der Waals surface area contributed by atoms with Crippen molar-refractivity contribution in [2.45, 2.75) is 5.16 Å². The van der Waals surface area contributed by atoms with Gasteiger partial charge in [-0.25, -0.2) is 4.98 Å². The maximum Gasteiger partial charge on any atom is 0.183 e. The summed E-state index contributed by atoms with van der Waals surface area (Å²) in [5.41, 5.74) is 0. The van der Waals surface area contributed by atoms with E-state index in [0.717, 1.165) is 43.8 Å². The molecule has 0 saturated carbocycles. The molecule has 0 aromatic carbocycles. The van der Waals surface area contributed by atoms with Gasteiger partial charge in [-0.1, -0.05) is 11.8 Å². The van der Waals surface area contributed by atoms with Gasteiger partial charge in [-0.3, -0.25) is 10.00 Å². The Morgan fingerprint density at radius 3 is 3.07 bits per heavy atom. The van der Waals surface area contributed by atoms with Gasteiger partial charge in [0.2, 0.25) is 0 Å². The first-order valence-electron chi connectivity index (χ1n) is 4.73. The van der Waals surface area contributed by atoms with E-state index in [4.69, 9.17) is 4.74 Å². The molecule has 1 fully saturated rings. The number of hydrogen-bond donors (Lipinski definition) is 1. The van der Waals surface area contributed by atoms with E-state index >= 15 is 0 Å². The summed E-state index contributed by atoms with van der Waals surface area (Å²) in [4.78, 5) is 6.46. The van der Waals surface area contributed by atoms with Crippen molar-refractivity contribution in [2.75, 3.05) is 38.6 Å². The SMILES string of the molecule is c1n[nH]c(SCCN2CCOCC2)n1. The number of H-pyrrole nitrogens is 1. The van der Waals surface area contributed by atoms with Crippen LogP contribution in [0.25, 0.3) is 0 Å². The highest BCUT2D eigenvalue weighted by molar-refractivity contribution is 7.99. The second-order valence-corrected chi connectivity index (χ2v) is 4.18. The predicted molar refractivity (Wildman–Crippen MR) is 54.4 cm³/mol. The van der Waals surface area contributed by atoms with Gasteiger partial charge in [-0.05, 0) is 0 Å². The maximum absolute atomic E-state index is 5.27. The van der Waals surface area contributed by atoms with Crippen molar-refractivity contribution in [3.05, 3.63) is 6.33 Å². The Labute approximate surface area is 87.2 Å². The quantitative estimate of drug-likeness (QED) is 0.727. The molecule has 1 saturated heterocycles. The Balaban J connectivity index is 1.62. The standard InChI is InChI=1S/C8H14N4OS/c1-4-13-5-2-12(1)3-6-14-8-9-7-10-11-8/h7H,1-6H2,(H,9,10,11). The van der Waals surface area contributed by atoms with E-state index in [-0.39, 0.29) is 0 Å². The molecule has 5 nitrogen and oxygen atoms in total. The first kappa shape index (κ1) is 9.95. The molecule has 78 valence electrons. The topological polar surface area (TPSA) is 54.0 Å². The summed E-state index contributed by atoms with van der Waals surface area (Å²) in [6.45, 7) is 4.93. The number of thioether (sulfide) groups is 1. The van der Waals surface area contributed by atoms with Crippen LogP contribution in [0.15, 0.2) is 11.5 Å². The van der Waals surface area contributed by atoms with E-state index in [0.29, 0.717) is 0 Å². The summed E-state index contributed by atoms with van der Waals surface area (Å²) < 4.78 is 5.27. The monoisotopic (exact) mass is 214 g/mol. The fraction of sp³-hybridized carbons (Fsp3) is 0.750. The maximum atomic E-state index is 5.27. The lowest BCUT2D eigenvalue weighted by Gasteiger charge is -2.25. The van der Waals surface area contributed by atoms with Gasteiger partial charge >= 0.3 is 0 Å². The number of nitrogens with zero attached hydrogens (tertiary/aromatic N) is 3. The first-order chi connectivity index (χ1) is 6.95. The summed E-state index contributed by atoms with van der Waals surface area (Å²) in [6, 6.07) is 0. The minimum absolute atomic E-state index is 0.868. The lowest BCUT2D eigenvalue weighted by atomic mass is 10.4. The van der Waals surface area contributed by atoms with Gasteiger partial charge in [0.15, 0.2) is 5.16 Å². The zero-order valence-electron chi connectivity index (χ0n) is 7.98. The number of hydrogen-bond acceptors (Lipinski definition) is 5. The van der Waals surface area contributed by atoms with Crippen molar-refractivity contribution in [2.24, 2.45) is 0 Å². The molecule has 0 bridgehead atoms. The highest BCUT2D eigenvalue weighted by Gasteiger charge is 2.09. The van der Waals surface area contributed by atoms with Crippen LogP contribution in [0.2, 0.25) is 0 Å². The van der Waals surface area contributed by atoms with E-state index in [9.17, 15) is 0 Å². The number of nitrogens with one attached hydrogen (secondary N) is 1. The van der Waals surface area contributed by atoms with E-state index in [2.05, 4.69) is 20.1 Å². The van der Waals surface area contributed by atoms with Gasteiger partial charge in [-0.15, -0.1) is 0 Å². The number of aromatic amines is 1. The fourth-order valence-electron chi connectivity index (χ4n) is 1.36. The van der Waals surface area contributed by atoms with Crippen LogP contribution in [0.1, 0.15) is 0 Å². The summed E-state index contributed by atoms with van der Waals surface area (Å²) in [6.07, 6.45) is 1.54. The Morgan fingerprint density at radius 1 is 1.50 bits per heavy atom. The van der Waals surface area contributed by atoms with Crippen LogP contribution >= 0.6 is 11.8 Å². The van der Waals surface area contributed by atoms with Crippen molar-refractivity contribution in [3.8, 4) is 0 Å². The Morgan fingerprint density at radius 2 is 2.36 bits per heavy atom. The zero-order valence-corrected chi connectivity index (χ0v) is 8.79. The normalized spacial score (nSPS) is 18.6. The van der Waals surface area contributed by atoms with E-state index < -0.39 is 0 Å². The summed E-state index contributed by atoms with van der Waals surface area (Å²) in [5, 5.41) is 7.53. The molecule has 1 aliphatic heterocycles.